The summed E-state index contributed by atoms with van der Waals surface area (Å²) in [7, 11) is 0. The van der Waals surface area contributed by atoms with Gasteiger partial charge in [-0.15, -0.1) is 11.3 Å². The molecule has 0 N–H and O–H groups in total. The zero-order valence-corrected chi connectivity index (χ0v) is 20.4. The van der Waals surface area contributed by atoms with Crippen molar-refractivity contribution in [3.05, 3.63) is 68.5 Å². The molecule has 0 aliphatic carbocycles. The summed E-state index contributed by atoms with van der Waals surface area (Å²) in [4.78, 5) is 33.2. The van der Waals surface area contributed by atoms with E-state index in [0.717, 1.165) is 17.8 Å². The molecule has 3 aromatic rings. The Morgan fingerprint density at radius 3 is 2.34 bits per heavy atom. The van der Waals surface area contributed by atoms with E-state index in [1.54, 1.807) is 46.7 Å². The molecule has 10 heteroatoms. The Balaban J connectivity index is 1.95. The smallest absolute Gasteiger partial charge is 0.390 e. The molecule has 1 aromatic heterocycles. The molecule has 0 bridgehead atoms. The van der Waals surface area contributed by atoms with Gasteiger partial charge in [0.25, 0.3) is 5.91 Å². The highest BCUT2D eigenvalue weighted by Crippen LogP contribution is 2.35. The monoisotopic (exact) mass is 511 g/mol. The molecule has 1 heterocycles. The van der Waals surface area contributed by atoms with Crippen LogP contribution in [-0.4, -0.2) is 35.0 Å². The molecule has 168 valence electrons. The molecule has 6 nitrogen and oxygen atoms in total. The van der Waals surface area contributed by atoms with E-state index >= 15 is 0 Å². The number of carbonyl (C=O) groups excluding carboxylic acids is 2. The van der Waals surface area contributed by atoms with Gasteiger partial charge in [-0.1, -0.05) is 41.7 Å². The summed E-state index contributed by atoms with van der Waals surface area (Å²) in [6.07, 6.45) is 0.322. The average Bonchev–Trinajstić information content (AvgIpc) is 3.21. The molecule has 0 spiro atoms. The first-order valence-corrected chi connectivity index (χ1v) is 11.8. The maximum Gasteiger partial charge on any atom is 0.416 e. The first kappa shape index (κ1) is 24.3. The number of benzene rings is 2. The molecule has 0 aliphatic rings. The van der Waals surface area contributed by atoms with E-state index in [9.17, 15) is 9.59 Å². The number of amides is 2. The van der Waals surface area contributed by atoms with Crippen molar-refractivity contribution >= 4 is 69.0 Å². The quantitative estimate of drug-likeness (QED) is 0.333. The van der Waals surface area contributed by atoms with Gasteiger partial charge < -0.3 is 9.64 Å². The van der Waals surface area contributed by atoms with Crippen molar-refractivity contribution in [3.63, 3.8) is 0 Å². The van der Waals surface area contributed by atoms with Crippen LogP contribution < -0.4 is 9.64 Å². The number of thiazole rings is 1. The van der Waals surface area contributed by atoms with Crippen LogP contribution >= 0.6 is 46.1 Å². The Morgan fingerprint density at radius 1 is 1.03 bits per heavy atom. The Bertz CT molecular complexity index is 1110. The third kappa shape index (κ3) is 5.72. The third-order valence-corrected chi connectivity index (χ3v) is 6.04. The van der Waals surface area contributed by atoms with Crippen molar-refractivity contribution in [1.82, 2.24) is 9.88 Å². The van der Waals surface area contributed by atoms with Crippen molar-refractivity contribution in [2.24, 2.45) is 0 Å². The van der Waals surface area contributed by atoms with Gasteiger partial charge in [0.05, 0.1) is 21.7 Å². The summed E-state index contributed by atoms with van der Waals surface area (Å²) in [6, 6.07) is 11.3. The summed E-state index contributed by atoms with van der Waals surface area (Å²) in [5.41, 5.74) is 0.777. The van der Waals surface area contributed by atoms with Gasteiger partial charge in [-0.2, -0.15) is 4.98 Å². The number of aromatic nitrogens is 1. The third-order valence-electron chi connectivity index (χ3n) is 4.44. The number of carbonyl (C=O) groups is 2. The fourth-order valence-corrected chi connectivity index (χ4v) is 4.25. The summed E-state index contributed by atoms with van der Waals surface area (Å²) in [6.45, 7) is 4.96. The van der Waals surface area contributed by atoms with Gasteiger partial charge >= 0.3 is 6.09 Å². The molecule has 0 radical (unpaired) electrons. The maximum absolute atomic E-state index is 13.5. The molecule has 0 unspecified atom stereocenters. The average molecular weight is 513 g/mol. The van der Waals surface area contributed by atoms with E-state index < -0.39 is 12.0 Å². The second kappa shape index (κ2) is 11.0. The van der Waals surface area contributed by atoms with Crippen LogP contribution in [0.4, 0.5) is 15.6 Å². The lowest BCUT2D eigenvalue weighted by molar-refractivity contribution is 0.0999. The molecule has 0 aliphatic heterocycles. The van der Waals surface area contributed by atoms with Crippen LogP contribution in [0.5, 0.6) is 5.88 Å². The van der Waals surface area contributed by atoms with E-state index in [1.165, 1.54) is 11.0 Å². The summed E-state index contributed by atoms with van der Waals surface area (Å²) >= 11 is 19.4. The van der Waals surface area contributed by atoms with E-state index in [0.29, 0.717) is 34.0 Å². The van der Waals surface area contributed by atoms with Crippen LogP contribution in [0, 0.1) is 0 Å². The van der Waals surface area contributed by atoms with Crippen LogP contribution in [0.15, 0.2) is 47.8 Å². The van der Waals surface area contributed by atoms with Crippen LogP contribution in [-0.2, 0) is 0 Å². The Labute approximate surface area is 205 Å². The lowest BCUT2D eigenvalue weighted by atomic mass is 10.2. The highest BCUT2D eigenvalue weighted by molar-refractivity contribution is 7.14. The first-order chi connectivity index (χ1) is 15.3. The summed E-state index contributed by atoms with van der Waals surface area (Å²) in [5, 5.41) is 3.04. The van der Waals surface area contributed by atoms with Gasteiger partial charge in [0, 0.05) is 23.1 Å². The minimum absolute atomic E-state index is 0.110. The molecule has 2 aromatic carbocycles. The van der Waals surface area contributed by atoms with Crippen LogP contribution in [0.3, 0.4) is 0 Å². The Morgan fingerprint density at radius 2 is 1.72 bits per heavy atom. The number of anilines is 2. The van der Waals surface area contributed by atoms with Gasteiger partial charge in [-0.3, -0.25) is 9.69 Å². The molecule has 0 saturated carbocycles. The predicted molar refractivity (Wildman–Crippen MR) is 130 cm³/mol. The van der Waals surface area contributed by atoms with Crippen LogP contribution in [0.2, 0.25) is 15.1 Å². The first-order valence-electron chi connectivity index (χ1n) is 9.81. The van der Waals surface area contributed by atoms with Crippen LogP contribution in [0.25, 0.3) is 0 Å². The normalized spacial score (nSPS) is 10.7. The number of hydrogen-bond donors (Lipinski definition) is 0. The second-order valence-electron chi connectivity index (χ2n) is 6.66. The summed E-state index contributed by atoms with van der Waals surface area (Å²) in [5.74, 6) is -0.305. The molecule has 0 saturated heterocycles. The minimum Gasteiger partial charge on any atom is -0.390 e. The topological polar surface area (TPSA) is 62.7 Å². The number of ether oxygens (including phenoxy) is 1. The number of halogens is 3. The van der Waals surface area contributed by atoms with Gasteiger partial charge in [0.1, 0.15) is 0 Å². The van der Waals surface area contributed by atoms with Gasteiger partial charge in [0.2, 0.25) is 11.0 Å². The van der Waals surface area contributed by atoms with Crippen molar-refractivity contribution in [1.29, 1.82) is 0 Å². The molecule has 0 fully saturated rings. The number of hydrogen-bond acceptors (Lipinski definition) is 5. The van der Waals surface area contributed by atoms with Crippen LogP contribution in [0.1, 0.15) is 30.6 Å². The van der Waals surface area contributed by atoms with Crippen molar-refractivity contribution in [2.45, 2.75) is 20.3 Å². The molecule has 0 atom stereocenters. The molecule has 32 heavy (non-hydrogen) atoms. The second-order valence-corrected chi connectivity index (χ2v) is 8.77. The summed E-state index contributed by atoms with van der Waals surface area (Å²) < 4.78 is 5.41. The zero-order chi connectivity index (χ0) is 23.3. The molecular weight excluding hydrogens is 493 g/mol. The fourth-order valence-electron chi connectivity index (χ4n) is 2.89. The standard InChI is InChI=1S/C22H20Cl3N3O3S/c1-3-11-27(4-2)22(30)31-19-13-32-21(26-19)28(16-8-5-14(23)6-9-16)20(29)17-10-7-15(24)12-18(17)25/h5-10,12-13H,3-4,11H2,1-2H3. The van der Waals surface area contributed by atoms with E-state index in [4.69, 9.17) is 39.5 Å². The molecular formula is C22H20Cl3N3O3S. The number of nitrogens with zero attached hydrogens (tertiary/aromatic N) is 3. The minimum atomic E-state index is -0.490. The Hall–Kier alpha value is -2.32. The van der Waals surface area contributed by atoms with E-state index in [1.807, 2.05) is 13.8 Å². The lowest BCUT2D eigenvalue weighted by Gasteiger charge is -2.21. The van der Waals surface area contributed by atoms with Crippen molar-refractivity contribution in [2.75, 3.05) is 18.0 Å². The van der Waals surface area contributed by atoms with Crippen molar-refractivity contribution in [3.8, 4) is 5.88 Å². The number of rotatable bonds is 7. The lowest BCUT2D eigenvalue weighted by Crippen LogP contribution is -2.34. The largest absolute Gasteiger partial charge is 0.416 e. The van der Waals surface area contributed by atoms with Gasteiger partial charge in [0.15, 0.2) is 0 Å². The fraction of sp³-hybridized carbons (Fsp3) is 0.227. The predicted octanol–water partition coefficient (Wildman–Crippen LogP) is 7.31. The van der Waals surface area contributed by atoms with E-state index in [-0.39, 0.29) is 16.5 Å². The molecule has 2 amide bonds. The van der Waals surface area contributed by atoms with Crippen molar-refractivity contribution < 1.29 is 14.3 Å². The Kier molecular flexibility index (Phi) is 8.37. The zero-order valence-electron chi connectivity index (χ0n) is 17.3. The van der Waals surface area contributed by atoms with E-state index in [2.05, 4.69) is 4.98 Å². The maximum atomic E-state index is 13.5. The van der Waals surface area contributed by atoms with Gasteiger partial charge in [-0.25, -0.2) is 4.79 Å². The van der Waals surface area contributed by atoms with Gasteiger partial charge in [-0.05, 0) is 55.8 Å². The SMILES string of the molecule is CCCN(CC)C(=O)Oc1csc(N(C(=O)c2ccc(Cl)cc2Cl)c2ccc(Cl)cc2)n1. The molecule has 3 rings (SSSR count). The highest BCUT2D eigenvalue weighted by Gasteiger charge is 2.26. The highest BCUT2D eigenvalue weighted by atomic mass is 35.5.